The zero-order chi connectivity index (χ0) is 15.9. The molecule has 1 aromatic carbocycles. The number of aryl methyl sites for hydroxylation is 3. The van der Waals surface area contributed by atoms with E-state index >= 15 is 0 Å². The maximum absolute atomic E-state index is 11.2. The minimum atomic E-state index is -0.351. The van der Waals surface area contributed by atoms with Crippen molar-refractivity contribution in [3.8, 4) is 0 Å². The van der Waals surface area contributed by atoms with E-state index in [-0.39, 0.29) is 5.97 Å². The van der Waals surface area contributed by atoms with Gasteiger partial charge in [-0.3, -0.25) is 4.68 Å². The highest BCUT2D eigenvalue weighted by Gasteiger charge is 2.09. The first-order valence-electron chi connectivity index (χ1n) is 7.45. The highest BCUT2D eigenvalue weighted by molar-refractivity contribution is 5.87. The first kappa shape index (κ1) is 16.0. The molecule has 4 heteroatoms. The van der Waals surface area contributed by atoms with Gasteiger partial charge in [-0.05, 0) is 38.3 Å². The van der Waals surface area contributed by atoms with Crippen LogP contribution in [0.4, 0.5) is 0 Å². The van der Waals surface area contributed by atoms with Crippen LogP contribution in [0.25, 0.3) is 6.08 Å². The number of rotatable bonds is 6. The van der Waals surface area contributed by atoms with Gasteiger partial charge in [0, 0.05) is 23.9 Å². The van der Waals surface area contributed by atoms with Crippen LogP contribution >= 0.6 is 0 Å². The van der Waals surface area contributed by atoms with Crippen LogP contribution in [0, 0.1) is 13.8 Å². The molecule has 0 spiro atoms. The Morgan fingerprint density at radius 3 is 2.68 bits per heavy atom. The SMILES string of the molecule is COC(=O)/C=C/c1c(C)nn(CCCc2ccccc2)c1C. The maximum Gasteiger partial charge on any atom is 0.330 e. The van der Waals surface area contributed by atoms with Crippen molar-refractivity contribution in [1.82, 2.24) is 9.78 Å². The fourth-order valence-corrected chi connectivity index (χ4v) is 2.47. The number of esters is 1. The minimum absolute atomic E-state index is 0.351. The van der Waals surface area contributed by atoms with E-state index < -0.39 is 0 Å². The van der Waals surface area contributed by atoms with Gasteiger partial charge in [-0.15, -0.1) is 0 Å². The zero-order valence-electron chi connectivity index (χ0n) is 13.4. The molecule has 0 saturated heterocycles. The molecule has 0 aliphatic rings. The van der Waals surface area contributed by atoms with E-state index in [0.717, 1.165) is 36.3 Å². The smallest absolute Gasteiger partial charge is 0.330 e. The number of methoxy groups -OCH3 is 1. The topological polar surface area (TPSA) is 44.1 Å². The van der Waals surface area contributed by atoms with Crippen molar-refractivity contribution >= 4 is 12.0 Å². The summed E-state index contributed by atoms with van der Waals surface area (Å²) in [6.45, 7) is 4.85. The fraction of sp³-hybridized carbons (Fsp3) is 0.333. The van der Waals surface area contributed by atoms with E-state index in [1.54, 1.807) is 6.08 Å². The lowest BCUT2D eigenvalue weighted by Crippen LogP contribution is -2.04. The van der Waals surface area contributed by atoms with Gasteiger partial charge < -0.3 is 4.74 Å². The molecule has 0 fully saturated rings. The van der Waals surface area contributed by atoms with Gasteiger partial charge in [-0.1, -0.05) is 30.3 Å². The maximum atomic E-state index is 11.2. The third-order valence-corrected chi connectivity index (χ3v) is 3.70. The van der Waals surface area contributed by atoms with Gasteiger partial charge in [0.1, 0.15) is 0 Å². The summed E-state index contributed by atoms with van der Waals surface area (Å²) in [4.78, 5) is 11.2. The summed E-state index contributed by atoms with van der Waals surface area (Å²) in [5.41, 5.74) is 4.34. The predicted molar refractivity (Wildman–Crippen MR) is 87.5 cm³/mol. The van der Waals surface area contributed by atoms with E-state index in [1.165, 1.54) is 18.7 Å². The summed E-state index contributed by atoms with van der Waals surface area (Å²) in [6, 6.07) is 10.4. The van der Waals surface area contributed by atoms with Crippen LogP contribution < -0.4 is 0 Å². The summed E-state index contributed by atoms with van der Waals surface area (Å²) < 4.78 is 6.63. The van der Waals surface area contributed by atoms with Crippen molar-refractivity contribution in [2.75, 3.05) is 7.11 Å². The Morgan fingerprint density at radius 2 is 2.00 bits per heavy atom. The van der Waals surface area contributed by atoms with Crippen LogP contribution in [0.15, 0.2) is 36.4 Å². The van der Waals surface area contributed by atoms with Crippen molar-refractivity contribution in [3.63, 3.8) is 0 Å². The van der Waals surface area contributed by atoms with Gasteiger partial charge in [0.25, 0.3) is 0 Å². The van der Waals surface area contributed by atoms with Crippen molar-refractivity contribution in [1.29, 1.82) is 0 Å². The predicted octanol–water partition coefficient (Wildman–Crippen LogP) is 3.32. The Kier molecular flexibility index (Phi) is 5.53. The average molecular weight is 298 g/mol. The van der Waals surface area contributed by atoms with Crippen molar-refractivity contribution in [2.45, 2.75) is 33.2 Å². The highest BCUT2D eigenvalue weighted by atomic mass is 16.5. The molecule has 0 N–H and O–H groups in total. The molecule has 0 amide bonds. The largest absolute Gasteiger partial charge is 0.466 e. The number of aromatic nitrogens is 2. The second-order valence-electron chi connectivity index (χ2n) is 5.25. The Balaban J connectivity index is 2.00. The molecule has 0 aliphatic carbocycles. The molecule has 0 unspecified atom stereocenters. The van der Waals surface area contributed by atoms with Crippen molar-refractivity contribution in [3.05, 3.63) is 58.9 Å². The molecule has 1 aromatic heterocycles. The normalized spacial score (nSPS) is 11.0. The lowest BCUT2D eigenvalue weighted by molar-refractivity contribution is -0.134. The number of nitrogens with zero attached hydrogens (tertiary/aromatic N) is 2. The van der Waals surface area contributed by atoms with Crippen LogP contribution in [-0.2, 0) is 22.5 Å². The van der Waals surface area contributed by atoms with Gasteiger partial charge in [-0.2, -0.15) is 5.10 Å². The summed E-state index contributed by atoms with van der Waals surface area (Å²) >= 11 is 0. The molecule has 0 saturated carbocycles. The molecule has 116 valence electrons. The van der Waals surface area contributed by atoms with E-state index in [0.29, 0.717) is 0 Å². The third-order valence-electron chi connectivity index (χ3n) is 3.70. The second kappa shape index (κ2) is 7.59. The number of carbonyl (C=O) groups excluding carboxylic acids is 1. The Morgan fingerprint density at radius 1 is 1.27 bits per heavy atom. The van der Waals surface area contributed by atoms with E-state index in [9.17, 15) is 4.79 Å². The summed E-state index contributed by atoms with van der Waals surface area (Å²) in [5.74, 6) is -0.351. The first-order chi connectivity index (χ1) is 10.6. The van der Waals surface area contributed by atoms with E-state index in [2.05, 4.69) is 34.1 Å². The standard InChI is InChI=1S/C18H22N2O2/c1-14-17(11-12-18(21)22-3)15(2)20(19-14)13-7-10-16-8-5-4-6-9-16/h4-6,8-9,11-12H,7,10,13H2,1-3H3/b12-11+. The van der Waals surface area contributed by atoms with Gasteiger partial charge in [0.15, 0.2) is 0 Å². The molecule has 2 rings (SSSR count). The molecule has 0 atom stereocenters. The summed E-state index contributed by atoms with van der Waals surface area (Å²) in [5, 5.41) is 4.56. The van der Waals surface area contributed by atoms with Crippen LogP contribution in [0.2, 0.25) is 0 Å². The van der Waals surface area contributed by atoms with Gasteiger partial charge in [0.05, 0.1) is 12.8 Å². The third kappa shape index (κ3) is 4.07. The fourth-order valence-electron chi connectivity index (χ4n) is 2.47. The lowest BCUT2D eigenvalue weighted by atomic mass is 10.1. The van der Waals surface area contributed by atoms with Crippen molar-refractivity contribution in [2.24, 2.45) is 0 Å². The molecule has 0 aliphatic heterocycles. The van der Waals surface area contributed by atoms with E-state index in [4.69, 9.17) is 0 Å². The number of ether oxygens (including phenoxy) is 1. The molecule has 0 radical (unpaired) electrons. The van der Waals surface area contributed by atoms with Crippen LogP contribution in [0.5, 0.6) is 0 Å². The zero-order valence-corrected chi connectivity index (χ0v) is 13.4. The van der Waals surface area contributed by atoms with Crippen molar-refractivity contribution < 1.29 is 9.53 Å². The molecule has 1 heterocycles. The van der Waals surface area contributed by atoms with E-state index in [1.807, 2.05) is 24.6 Å². The van der Waals surface area contributed by atoms with Gasteiger partial charge in [0.2, 0.25) is 0 Å². The molecular weight excluding hydrogens is 276 g/mol. The Labute approximate surface area is 131 Å². The molecule has 4 nitrogen and oxygen atoms in total. The molecule has 2 aromatic rings. The van der Waals surface area contributed by atoms with Crippen LogP contribution in [0.3, 0.4) is 0 Å². The quantitative estimate of drug-likeness (QED) is 0.607. The average Bonchev–Trinajstić information content (AvgIpc) is 2.80. The van der Waals surface area contributed by atoms with Gasteiger partial charge >= 0.3 is 5.97 Å². The lowest BCUT2D eigenvalue weighted by Gasteiger charge is -2.05. The molecule has 22 heavy (non-hydrogen) atoms. The Hall–Kier alpha value is -2.36. The Bertz CT molecular complexity index is 657. The van der Waals surface area contributed by atoms with Crippen LogP contribution in [0.1, 0.15) is 28.9 Å². The second-order valence-corrected chi connectivity index (χ2v) is 5.25. The summed E-state index contributed by atoms with van der Waals surface area (Å²) in [7, 11) is 1.37. The number of benzene rings is 1. The monoisotopic (exact) mass is 298 g/mol. The first-order valence-corrected chi connectivity index (χ1v) is 7.45. The summed E-state index contributed by atoms with van der Waals surface area (Å²) in [6.07, 6.45) is 5.28. The van der Waals surface area contributed by atoms with Gasteiger partial charge in [-0.25, -0.2) is 4.79 Å². The highest BCUT2D eigenvalue weighted by Crippen LogP contribution is 2.16. The minimum Gasteiger partial charge on any atom is -0.466 e. The number of hydrogen-bond acceptors (Lipinski definition) is 3. The molecule has 0 bridgehead atoms. The number of carbonyl (C=O) groups is 1. The van der Waals surface area contributed by atoms with Crippen LogP contribution in [-0.4, -0.2) is 22.9 Å². The number of hydrogen-bond donors (Lipinski definition) is 0. The molecular formula is C18H22N2O2.